The molecule has 10 amide bonds. The van der Waals surface area contributed by atoms with Crippen molar-refractivity contribution in [1.82, 2.24) is 26.2 Å². The van der Waals surface area contributed by atoms with Crippen molar-refractivity contribution in [3.05, 3.63) is 71.8 Å². The van der Waals surface area contributed by atoms with E-state index in [9.17, 15) is 33.6 Å². The average Bonchev–Trinajstić information content (AvgIpc) is 3.15. The predicted molar refractivity (Wildman–Crippen MR) is 234 cm³/mol. The first-order valence-corrected chi connectivity index (χ1v) is 20.8. The number of benzene rings is 2. The summed E-state index contributed by atoms with van der Waals surface area (Å²) in [5, 5.41) is 8.08. The lowest BCUT2D eigenvalue weighted by Gasteiger charge is -2.22. The maximum absolute atomic E-state index is 11.6. The van der Waals surface area contributed by atoms with Gasteiger partial charge in [-0.2, -0.15) is 0 Å². The number of alkyl halides is 3. The number of hydrogen-bond acceptors (Lipinski definition) is 9. The summed E-state index contributed by atoms with van der Waals surface area (Å²) in [7, 11) is 4.12. The second-order valence-corrected chi connectivity index (χ2v) is 17.0. The summed E-state index contributed by atoms with van der Waals surface area (Å²) in [6, 6.07) is 18.3. The molecule has 0 aromatic heterocycles. The number of carbonyl (C=O) groups excluding carboxylic acids is 7. The molecule has 0 aliphatic rings. The molecule has 2 aromatic rings. The van der Waals surface area contributed by atoms with E-state index in [0.29, 0.717) is 25.7 Å². The normalized spacial score (nSPS) is 11.3. The molecule has 0 saturated heterocycles. The van der Waals surface area contributed by atoms with Crippen molar-refractivity contribution < 1.29 is 38.3 Å². The Morgan fingerprint density at radius 3 is 1.39 bits per heavy atom. The highest BCUT2D eigenvalue weighted by Gasteiger charge is 2.33. The highest BCUT2D eigenvalue weighted by molar-refractivity contribution is 9.10. The number of carbonyl (C=O) groups is 7. The first kappa shape index (κ1) is 55.4. The van der Waals surface area contributed by atoms with Crippen LogP contribution in [0.1, 0.15) is 91.4 Å². The summed E-state index contributed by atoms with van der Waals surface area (Å²) in [6.07, 6.45) is 2.36. The van der Waals surface area contributed by atoms with Gasteiger partial charge >= 0.3 is 18.1 Å². The number of nitrogens with two attached hydrogens (primary N) is 2. The fraction of sp³-hybridized carbons (Fsp3) is 0.513. The summed E-state index contributed by atoms with van der Waals surface area (Å²) in [5.41, 5.74) is 12.0. The molecular formula is C39H60Br3N7O8. The minimum absolute atomic E-state index is 0.0161. The van der Waals surface area contributed by atoms with Crippen LogP contribution in [0.4, 0.5) is 14.4 Å². The number of nitrogens with zero attached hydrogens (tertiary/aromatic N) is 1. The lowest BCUT2D eigenvalue weighted by Crippen LogP contribution is -2.49. The molecule has 0 bridgehead atoms. The lowest BCUT2D eigenvalue weighted by molar-refractivity contribution is -0.123. The van der Waals surface area contributed by atoms with Gasteiger partial charge in [0.05, 0.1) is 11.4 Å². The van der Waals surface area contributed by atoms with Gasteiger partial charge in [0.25, 0.3) is 0 Å². The molecule has 0 spiro atoms. The Bertz CT molecular complexity index is 1500. The molecular weight excluding hydrogens is 934 g/mol. The molecule has 2 aromatic carbocycles. The van der Waals surface area contributed by atoms with E-state index < -0.39 is 44.5 Å². The minimum Gasteiger partial charge on any atom is -0.367 e. The maximum atomic E-state index is 11.6. The van der Waals surface area contributed by atoms with Crippen molar-refractivity contribution in [3.63, 3.8) is 0 Å². The number of urea groups is 3. The SMILES string of the molecule is CC(C)C(Br)C(=O)NC(N)=O.CCC(Br)(CC)C(=O)NC(=O)NC(C)=O.CCC(Br)(CC)C(=O)NC(N)=O.CN(C)CCOC(c1ccccc1)c1ccccc1. The van der Waals surface area contributed by atoms with Gasteiger partial charge in [-0.25, -0.2) is 14.4 Å². The van der Waals surface area contributed by atoms with Crippen LogP contribution in [-0.4, -0.2) is 87.3 Å². The number of imide groups is 4. The molecule has 0 fully saturated rings. The van der Waals surface area contributed by atoms with Crippen molar-refractivity contribution in [2.45, 2.75) is 93.7 Å². The van der Waals surface area contributed by atoms with E-state index >= 15 is 0 Å². The molecule has 57 heavy (non-hydrogen) atoms. The van der Waals surface area contributed by atoms with E-state index in [2.05, 4.69) is 121 Å². The monoisotopic (exact) mass is 991 g/mol. The Balaban J connectivity index is 0. The van der Waals surface area contributed by atoms with E-state index in [1.807, 2.05) is 69.6 Å². The lowest BCUT2D eigenvalue weighted by atomic mass is 10.0. The van der Waals surface area contributed by atoms with Gasteiger partial charge in [-0.3, -0.25) is 40.4 Å². The number of halogens is 3. The van der Waals surface area contributed by atoms with E-state index in [-0.39, 0.29) is 22.8 Å². The fourth-order valence-electron chi connectivity index (χ4n) is 4.26. The molecule has 2 rings (SSSR count). The molecule has 0 aliphatic carbocycles. The van der Waals surface area contributed by atoms with Gasteiger partial charge in [0.2, 0.25) is 23.6 Å². The molecule has 0 radical (unpaired) electrons. The summed E-state index contributed by atoms with van der Waals surface area (Å²) < 4.78 is 4.67. The quantitative estimate of drug-likeness (QED) is 0.115. The molecule has 1 unspecified atom stereocenters. The van der Waals surface area contributed by atoms with Crippen molar-refractivity contribution in [3.8, 4) is 0 Å². The van der Waals surface area contributed by atoms with Crippen LogP contribution in [0.25, 0.3) is 0 Å². The van der Waals surface area contributed by atoms with E-state index in [1.165, 1.54) is 18.1 Å². The number of rotatable bonds is 14. The number of amides is 10. The van der Waals surface area contributed by atoms with Gasteiger partial charge in [-0.1, -0.05) is 150 Å². The van der Waals surface area contributed by atoms with Crippen LogP contribution in [0.3, 0.4) is 0 Å². The summed E-state index contributed by atoms with van der Waals surface area (Å²) in [4.78, 5) is 77.7. The maximum Gasteiger partial charge on any atom is 0.328 e. The molecule has 15 nitrogen and oxygen atoms in total. The third-order valence-corrected chi connectivity index (χ3v) is 12.4. The van der Waals surface area contributed by atoms with Gasteiger partial charge in [-0.15, -0.1) is 0 Å². The molecule has 1 atom stereocenters. The Labute approximate surface area is 362 Å². The van der Waals surface area contributed by atoms with E-state index in [0.717, 1.165) is 13.2 Å². The third-order valence-electron chi connectivity index (χ3n) is 7.92. The van der Waals surface area contributed by atoms with Crippen LogP contribution >= 0.6 is 47.8 Å². The molecule has 0 heterocycles. The van der Waals surface area contributed by atoms with Crippen LogP contribution in [0.15, 0.2) is 60.7 Å². The first-order valence-electron chi connectivity index (χ1n) is 18.3. The Morgan fingerprint density at radius 2 is 1.07 bits per heavy atom. The topological polar surface area (TPSA) is 232 Å². The van der Waals surface area contributed by atoms with Crippen molar-refractivity contribution >= 4 is 89.5 Å². The smallest absolute Gasteiger partial charge is 0.328 e. The standard InChI is InChI=1S/C17H21NO.C9H15BrN2O3.C7H13BrN2O2.C6H11BrN2O2/c1-18(2)13-14-19-17(15-9-5-3-6-10-15)16-11-7-4-8-12-16;1-4-9(10,5-2)7(14)12-8(15)11-6(3)13;1-3-7(8,4-2)5(11)10-6(9)12;1-3(2)4(7)5(10)9-6(8)11/h3-12,17H,13-14H2,1-2H3;4-5H2,1-3H3,(H2,11,12,13,14,15);3-4H2,1-2H3,(H3,9,10,11,12);3-4H,1-2H3,(H3,8,9,10,11). The zero-order valence-corrected chi connectivity index (χ0v) is 39.0. The van der Waals surface area contributed by atoms with Crippen LogP contribution in [0.5, 0.6) is 0 Å². The van der Waals surface area contributed by atoms with Crippen molar-refractivity contribution in [1.29, 1.82) is 0 Å². The number of hydrogen-bond donors (Lipinski definition) is 6. The Hall–Kier alpha value is -3.71. The van der Waals surface area contributed by atoms with E-state index in [4.69, 9.17) is 16.2 Å². The van der Waals surface area contributed by atoms with Crippen molar-refractivity contribution in [2.75, 3.05) is 27.2 Å². The Morgan fingerprint density at radius 1 is 0.684 bits per heavy atom. The number of likely N-dealkylation sites (N-methyl/N-ethyl adjacent to an activating group) is 1. The average molecular weight is 995 g/mol. The van der Waals surface area contributed by atoms with Crippen LogP contribution in [0.2, 0.25) is 0 Å². The summed E-state index contributed by atoms with van der Waals surface area (Å²) >= 11 is 9.64. The molecule has 320 valence electrons. The fourth-order valence-corrected chi connectivity index (χ4v) is 4.57. The van der Waals surface area contributed by atoms with E-state index in [1.54, 1.807) is 0 Å². The number of ether oxygens (including phenoxy) is 1. The van der Waals surface area contributed by atoms with Crippen LogP contribution in [0, 0.1) is 5.92 Å². The highest BCUT2D eigenvalue weighted by Crippen LogP contribution is 2.27. The van der Waals surface area contributed by atoms with Gasteiger partial charge in [0, 0.05) is 13.5 Å². The molecule has 8 N–H and O–H groups in total. The molecule has 0 aliphatic heterocycles. The highest BCUT2D eigenvalue weighted by atomic mass is 79.9. The number of primary amides is 2. The van der Waals surface area contributed by atoms with Crippen LogP contribution in [-0.2, 0) is 23.9 Å². The van der Waals surface area contributed by atoms with Gasteiger partial charge in [0.15, 0.2) is 0 Å². The second kappa shape index (κ2) is 29.5. The zero-order chi connectivity index (χ0) is 44.4. The third kappa shape index (κ3) is 24.0. The van der Waals surface area contributed by atoms with Gasteiger partial charge in [-0.05, 0) is 56.8 Å². The van der Waals surface area contributed by atoms with Gasteiger partial charge in [0.1, 0.15) is 14.8 Å². The van der Waals surface area contributed by atoms with Crippen molar-refractivity contribution in [2.24, 2.45) is 17.4 Å². The second-order valence-electron chi connectivity index (χ2n) is 13.0. The van der Waals surface area contributed by atoms with Gasteiger partial charge < -0.3 is 21.1 Å². The Kier molecular flexibility index (Phi) is 28.7. The summed E-state index contributed by atoms with van der Waals surface area (Å²) in [6.45, 7) is 14.0. The first-order chi connectivity index (χ1) is 26.5. The molecule has 18 heteroatoms. The minimum atomic E-state index is -0.819. The van der Waals surface area contributed by atoms with Crippen LogP contribution < -0.4 is 32.7 Å². The predicted octanol–water partition coefficient (Wildman–Crippen LogP) is 6.40. The molecule has 0 saturated carbocycles. The summed E-state index contributed by atoms with van der Waals surface area (Å²) in [5.74, 6) is -1.58. The zero-order valence-electron chi connectivity index (χ0n) is 34.2. The largest absolute Gasteiger partial charge is 0.367 e. The number of nitrogens with one attached hydrogen (secondary N) is 4.